The van der Waals surface area contributed by atoms with Crippen molar-refractivity contribution in [2.75, 3.05) is 26.9 Å². The molecule has 0 aromatic heterocycles. The van der Waals surface area contributed by atoms with Crippen molar-refractivity contribution < 1.29 is 14.3 Å². The van der Waals surface area contributed by atoms with E-state index < -0.39 is 5.41 Å². The third-order valence-corrected chi connectivity index (χ3v) is 4.77. The van der Waals surface area contributed by atoms with Crippen LogP contribution in [0.3, 0.4) is 0 Å². The molecule has 19 heavy (non-hydrogen) atoms. The van der Waals surface area contributed by atoms with Crippen LogP contribution in [0.1, 0.15) is 26.2 Å². The van der Waals surface area contributed by atoms with Crippen molar-refractivity contribution in [1.29, 1.82) is 0 Å². The van der Waals surface area contributed by atoms with Crippen LogP contribution in [0.15, 0.2) is 0 Å². The molecule has 0 bridgehead atoms. The van der Waals surface area contributed by atoms with E-state index in [2.05, 4.69) is 0 Å². The van der Waals surface area contributed by atoms with E-state index in [1.54, 1.807) is 4.90 Å². The molecule has 108 valence electrons. The molecule has 2 aliphatic rings. The highest BCUT2D eigenvalue weighted by molar-refractivity contribution is 7.80. The van der Waals surface area contributed by atoms with Gasteiger partial charge in [-0.1, -0.05) is 12.2 Å². The average molecular weight is 286 g/mol. The van der Waals surface area contributed by atoms with Gasteiger partial charge in [0.2, 0.25) is 5.91 Å². The fourth-order valence-electron chi connectivity index (χ4n) is 3.00. The van der Waals surface area contributed by atoms with Crippen LogP contribution >= 0.6 is 12.2 Å². The van der Waals surface area contributed by atoms with E-state index in [1.165, 1.54) is 0 Å². The van der Waals surface area contributed by atoms with Crippen molar-refractivity contribution in [3.05, 3.63) is 0 Å². The summed E-state index contributed by atoms with van der Waals surface area (Å²) in [6.45, 7) is 3.77. The zero-order chi connectivity index (χ0) is 14.0. The Kier molecular flexibility index (Phi) is 4.43. The van der Waals surface area contributed by atoms with Crippen LogP contribution in [0.5, 0.6) is 0 Å². The second-order valence-electron chi connectivity index (χ2n) is 5.41. The van der Waals surface area contributed by atoms with Crippen molar-refractivity contribution in [2.45, 2.75) is 38.3 Å². The first kappa shape index (κ1) is 14.7. The van der Waals surface area contributed by atoms with E-state index in [0.29, 0.717) is 37.7 Å². The Morgan fingerprint density at radius 3 is 2.47 bits per heavy atom. The lowest BCUT2D eigenvalue weighted by molar-refractivity contribution is -0.144. The summed E-state index contributed by atoms with van der Waals surface area (Å²) in [6, 6.07) is 0.113. The topological polar surface area (TPSA) is 64.8 Å². The van der Waals surface area contributed by atoms with E-state index in [9.17, 15) is 4.79 Å². The van der Waals surface area contributed by atoms with Gasteiger partial charge in [-0.2, -0.15) is 0 Å². The van der Waals surface area contributed by atoms with Crippen LogP contribution < -0.4 is 5.73 Å². The molecule has 5 nitrogen and oxygen atoms in total. The summed E-state index contributed by atoms with van der Waals surface area (Å²) in [4.78, 5) is 14.9. The molecule has 2 atom stereocenters. The third-order valence-electron chi connectivity index (χ3n) is 4.38. The van der Waals surface area contributed by atoms with Gasteiger partial charge in [-0.05, 0) is 26.2 Å². The maximum Gasteiger partial charge on any atom is 0.235 e. The van der Waals surface area contributed by atoms with Crippen LogP contribution in [0.2, 0.25) is 0 Å². The third kappa shape index (κ3) is 2.61. The molecule has 2 fully saturated rings. The van der Waals surface area contributed by atoms with Gasteiger partial charge in [0.1, 0.15) is 5.41 Å². The van der Waals surface area contributed by atoms with E-state index in [4.69, 9.17) is 27.4 Å². The fraction of sp³-hybridized carbons (Fsp3) is 0.846. The molecule has 2 N–H and O–H groups in total. The number of likely N-dealkylation sites (N-methyl/N-ethyl adjacent to an activating group) is 1. The number of nitrogens with two attached hydrogens (primary N) is 1. The van der Waals surface area contributed by atoms with E-state index >= 15 is 0 Å². The standard InChI is InChI=1S/C13H22N2O3S/c1-9-10(3-6-18-9)15(2)12(16)13(11(14)19)4-7-17-8-5-13/h9-10H,3-8H2,1-2H3,(H2,14,19). The molecule has 6 heteroatoms. The molecule has 0 saturated carbocycles. The van der Waals surface area contributed by atoms with E-state index in [0.717, 1.165) is 6.42 Å². The van der Waals surface area contributed by atoms with Gasteiger partial charge < -0.3 is 20.1 Å². The summed E-state index contributed by atoms with van der Waals surface area (Å²) in [6.07, 6.45) is 2.09. The van der Waals surface area contributed by atoms with Crippen LogP contribution in [0, 0.1) is 5.41 Å². The van der Waals surface area contributed by atoms with Gasteiger partial charge in [-0.25, -0.2) is 0 Å². The average Bonchev–Trinajstić information content (AvgIpc) is 2.84. The molecule has 1 amide bonds. The molecular weight excluding hydrogens is 264 g/mol. The minimum atomic E-state index is -0.732. The molecule has 0 radical (unpaired) electrons. The van der Waals surface area contributed by atoms with Crippen molar-refractivity contribution >= 4 is 23.1 Å². The number of thiocarbonyl (C=S) groups is 1. The Hall–Kier alpha value is -0.720. The first-order valence-corrected chi connectivity index (χ1v) is 7.16. The van der Waals surface area contributed by atoms with Crippen LogP contribution in [0.4, 0.5) is 0 Å². The summed E-state index contributed by atoms with van der Waals surface area (Å²) >= 11 is 5.17. The number of hydrogen-bond acceptors (Lipinski definition) is 4. The van der Waals surface area contributed by atoms with E-state index in [-0.39, 0.29) is 18.1 Å². The Balaban J connectivity index is 2.17. The minimum absolute atomic E-state index is 0.0191. The predicted octanol–water partition coefficient (Wildman–Crippen LogP) is 0.705. The van der Waals surface area contributed by atoms with Gasteiger partial charge in [-0.15, -0.1) is 0 Å². The van der Waals surface area contributed by atoms with Crippen LogP contribution in [-0.2, 0) is 14.3 Å². The molecule has 2 heterocycles. The number of hydrogen-bond donors (Lipinski definition) is 1. The quantitative estimate of drug-likeness (QED) is 0.774. The van der Waals surface area contributed by atoms with Gasteiger partial charge in [0, 0.05) is 26.9 Å². The molecule has 0 spiro atoms. The first-order chi connectivity index (χ1) is 8.99. The SMILES string of the molecule is CC1OCCC1N(C)C(=O)C1(C(N)=S)CCOCC1. The summed E-state index contributed by atoms with van der Waals surface area (Å²) in [5, 5.41) is 0. The summed E-state index contributed by atoms with van der Waals surface area (Å²) in [7, 11) is 1.83. The van der Waals surface area contributed by atoms with Crippen LogP contribution in [-0.4, -0.2) is 54.8 Å². The van der Waals surface area contributed by atoms with Crippen molar-refractivity contribution in [3.8, 4) is 0 Å². The minimum Gasteiger partial charge on any atom is -0.392 e. The Labute approximate surface area is 119 Å². The van der Waals surface area contributed by atoms with Crippen molar-refractivity contribution in [1.82, 2.24) is 4.90 Å². The molecule has 0 aromatic rings. The number of ether oxygens (including phenoxy) is 2. The van der Waals surface area contributed by atoms with Gasteiger partial charge >= 0.3 is 0 Å². The lowest BCUT2D eigenvalue weighted by Gasteiger charge is -2.40. The summed E-state index contributed by atoms with van der Waals surface area (Å²) < 4.78 is 10.9. The maximum absolute atomic E-state index is 12.8. The number of rotatable bonds is 3. The van der Waals surface area contributed by atoms with Crippen molar-refractivity contribution in [3.63, 3.8) is 0 Å². The largest absolute Gasteiger partial charge is 0.392 e. The highest BCUT2D eigenvalue weighted by atomic mass is 32.1. The Bertz CT molecular complexity index is 369. The van der Waals surface area contributed by atoms with Gasteiger partial charge in [0.15, 0.2) is 0 Å². The highest BCUT2D eigenvalue weighted by Gasteiger charge is 2.46. The number of carbonyl (C=O) groups is 1. The lowest BCUT2D eigenvalue weighted by atomic mass is 9.78. The molecule has 2 saturated heterocycles. The normalized spacial score (nSPS) is 30.0. The first-order valence-electron chi connectivity index (χ1n) is 6.75. The van der Waals surface area contributed by atoms with Gasteiger partial charge in [0.25, 0.3) is 0 Å². The fourth-order valence-corrected chi connectivity index (χ4v) is 3.29. The highest BCUT2D eigenvalue weighted by Crippen LogP contribution is 2.34. The second kappa shape index (κ2) is 5.73. The molecule has 2 aliphatic heterocycles. The predicted molar refractivity (Wildman–Crippen MR) is 75.9 cm³/mol. The van der Waals surface area contributed by atoms with Gasteiger partial charge in [-0.3, -0.25) is 4.79 Å². The lowest BCUT2D eigenvalue weighted by Crippen LogP contribution is -2.55. The molecule has 2 unspecified atom stereocenters. The number of carbonyl (C=O) groups excluding carboxylic acids is 1. The summed E-state index contributed by atoms with van der Waals surface area (Å²) in [5.74, 6) is 0.0191. The van der Waals surface area contributed by atoms with Gasteiger partial charge in [0.05, 0.1) is 17.1 Å². The second-order valence-corrected chi connectivity index (χ2v) is 5.85. The monoisotopic (exact) mass is 286 g/mol. The zero-order valence-electron chi connectivity index (χ0n) is 11.6. The Morgan fingerprint density at radius 2 is 2.00 bits per heavy atom. The van der Waals surface area contributed by atoms with E-state index in [1.807, 2.05) is 14.0 Å². The molecular formula is C13H22N2O3S. The number of amides is 1. The number of nitrogens with zero attached hydrogens (tertiary/aromatic N) is 1. The summed E-state index contributed by atoms with van der Waals surface area (Å²) in [5.41, 5.74) is 5.14. The van der Waals surface area contributed by atoms with Crippen LogP contribution in [0.25, 0.3) is 0 Å². The maximum atomic E-state index is 12.8. The Morgan fingerprint density at radius 1 is 1.37 bits per heavy atom. The smallest absolute Gasteiger partial charge is 0.235 e. The van der Waals surface area contributed by atoms with Crippen molar-refractivity contribution in [2.24, 2.45) is 11.1 Å². The molecule has 0 aromatic carbocycles. The molecule has 0 aliphatic carbocycles. The molecule has 2 rings (SSSR count). The zero-order valence-corrected chi connectivity index (χ0v) is 12.4.